The number of amides is 1. The third-order valence-electron chi connectivity index (χ3n) is 3.64. The molecular weight excluding hydrogens is 336 g/mol. The first kappa shape index (κ1) is 16.9. The Morgan fingerprint density at radius 2 is 1.88 bits per heavy atom. The smallest absolute Gasteiger partial charge is 0.274 e. The minimum atomic E-state index is -0.293. The first-order valence-corrected chi connectivity index (χ1v) is 8.12. The lowest BCUT2D eigenvalue weighted by atomic mass is 10.2. The number of carbonyl (C=O) groups is 1. The molecule has 0 spiro atoms. The van der Waals surface area contributed by atoms with Gasteiger partial charge in [0.15, 0.2) is 0 Å². The normalized spacial score (nSPS) is 10.4. The van der Waals surface area contributed by atoms with Crippen molar-refractivity contribution in [2.45, 2.75) is 13.8 Å². The van der Waals surface area contributed by atoms with Crippen molar-refractivity contribution >= 4 is 34.7 Å². The van der Waals surface area contributed by atoms with E-state index < -0.39 is 0 Å². The van der Waals surface area contributed by atoms with Crippen LogP contribution >= 0.6 is 11.6 Å². The van der Waals surface area contributed by atoms with E-state index in [1.54, 1.807) is 6.07 Å². The molecule has 2 aromatic carbocycles. The maximum absolute atomic E-state index is 12.4. The van der Waals surface area contributed by atoms with Crippen LogP contribution in [-0.4, -0.2) is 15.9 Å². The third-order valence-corrected chi connectivity index (χ3v) is 3.87. The minimum absolute atomic E-state index is 0.277. The summed E-state index contributed by atoms with van der Waals surface area (Å²) in [5.41, 5.74) is 3.92. The Hall–Kier alpha value is -2.92. The summed E-state index contributed by atoms with van der Waals surface area (Å²) in [5, 5.41) is 6.62. The van der Waals surface area contributed by atoms with Gasteiger partial charge in [-0.3, -0.25) is 4.79 Å². The van der Waals surface area contributed by atoms with Crippen molar-refractivity contribution in [2.24, 2.45) is 0 Å². The molecular formula is C19H17ClN4O. The zero-order valence-corrected chi connectivity index (χ0v) is 14.6. The van der Waals surface area contributed by atoms with E-state index in [0.717, 1.165) is 22.5 Å². The van der Waals surface area contributed by atoms with Gasteiger partial charge >= 0.3 is 0 Å². The Labute approximate surface area is 151 Å². The van der Waals surface area contributed by atoms with Crippen LogP contribution < -0.4 is 10.6 Å². The van der Waals surface area contributed by atoms with Gasteiger partial charge in [-0.25, -0.2) is 9.97 Å². The SMILES string of the molecule is Cc1cccc(NC(=O)c2cc(Nc3cc(Cl)ccc3C)ncn2)c1. The molecule has 1 aromatic heterocycles. The van der Waals surface area contributed by atoms with Crippen molar-refractivity contribution in [3.8, 4) is 0 Å². The van der Waals surface area contributed by atoms with Crippen LogP contribution in [0.5, 0.6) is 0 Å². The van der Waals surface area contributed by atoms with Gasteiger partial charge in [-0.1, -0.05) is 29.8 Å². The predicted molar refractivity (Wildman–Crippen MR) is 101 cm³/mol. The fourth-order valence-corrected chi connectivity index (χ4v) is 2.51. The number of hydrogen-bond acceptors (Lipinski definition) is 4. The highest BCUT2D eigenvalue weighted by Crippen LogP contribution is 2.23. The topological polar surface area (TPSA) is 66.9 Å². The molecule has 6 heteroatoms. The summed E-state index contributed by atoms with van der Waals surface area (Å²) in [6, 6.07) is 14.7. The largest absolute Gasteiger partial charge is 0.340 e. The molecule has 0 saturated carbocycles. The van der Waals surface area contributed by atoms with Gasteiger partial charge in [0.05, 0.1) is 0 Å². The zero-order valence-electron chi connectivity index (χ0n) is 13.9. The monoisotopic (exact) mass is 352 g/mol. The molecule has 5 nitrogen and oxygen atoms in total. The molecule has 1 heterocycles. The number of benzene rings is 2. The fourth-order valence-electron chi connectivity index (χ4n) is 2.33. The summed E-state index contributed by atoms with van der Waals surface area (Å²) < 4.78 is 0. The molecule has 3 aromatic rings. The average Bonchev–Trinajstić information content (AvgIpc) is 2.58. The van der Waals surface area contributed by atoms with Crippen molar-refractivity contribution < 1.29 is 4.79 Å². The molecule has 0 radical (unpaired) electrons. The van der Waals surface area contributed by atoms with Gasteiger partial charge in [0, 0.05) is 22.5 Å². The average molecular weight is 353 g/mol. The first-order chi connectivity index (χ1) is 12.0. The van der Waals surface area contributed by atoms with Crippen molar-refractivity contribution in [1.82, 2.24) is 9.97 Å². The number of aromatic nitrogens is 2. The van der Waals surface area contributed by atoms with E-state index in [0.29, 0.717) is 10.8 Å². The highest BCUT2D eigenvalue weighted by atomic mass is 35.5. The van der Waals surface area contributed by atoms with Crippen LogP contribution in [0.4, 0.5) is 17.2 Å². The summed E-state index contributed by atoms with van der Waals surface area (Å²) in [4.78, 5) is 20.6. The molecule has 1 amide bonds. The molecule has 0 aliphatic heterocycles. The van der Waals surface area contributed by atoms with E-state index in [4.69, 9.17) is 11.6 Å². The molecule has 0 aliphatic rings. The molecule has 3 rings (SSSR count). The number of hydrogen-bond donors (Lipinski definition) is 2. The standard InChI is InChI=1S/C19H17ClN4O/c1-12-4-3-5-15(8-12)23-19(25)17-10-18(22-11-21-17)24-16-9-14(20)7-6-13(16)2/h3-11H,1-2H3,(H,23,25)(H,21,22,24). The lowest BCUT2D eigenvalue weighted by Gasteiger charge is -2.10. The van der Waals surface area contributed by atoms with Crippen molar-refractivity contribution in [3.05, 3.63) is 76.7 Å². The van der Waals surface area contributed by atoms with Gasteiger partial charge in [-0.15, -0.1) is 0 Å². The summed E-state index contributed by atoms with van der Waals surface area (Å²) in [5.74, 6) is 0.230. The molecule has 0 atom stereocenters. The number of rotatable bonds is 4. The maximum atomic E-state index is 12.4. The third kappa shape index (κ3) is 4.33. The Morgan fingerprint density at radius 3 is 2.68 bits per heavy atom. The maximum Gasteiger partial charge on any atom is 0.274 e. The van der Waals surface area contributed by atoms with Crippen molar-refractivity contribution in [3.63, 3.8) is 0 Å². The van der Waals surface area contributed by atoms with E-state index in [1.165, 1.54) is 6.33 Å². The summed E-state index contributed by atoms with van der Waals surface area (Å²) in [7, 11) is 0. The van der Waals surface area contributed by atoms with Crippen LogP contribution in [0.2, 0.25) is 5.02 Å². The lowest BCUT2D eigenvalue weighted by Crippen LogP contribution is -2.14. The molecule has 126 valence electrons. The number of nitrogens with zero attached hydrogens (tertiary/aromatic N) is 2. The van der Waals surface area contributed by atoms with Gasteiger partial charge in [0.1, 0.15) is 17.8 Å². The number of nitrogens with one attached hydrogen (secondary N) is 2. The first-order valence-electron chi connectivity index (χ1n) is 7.74. The van der Waals surface area contributed by atoms with Crippen molar-refractivity contribution in [1.29, 1.82) is 0 Å². The molecule has 0 saturated heterocycles. The lowest BCUT2D eigenvalue weighted by molar-refractivity contribution is 0.102. The van der Waals surface area contributed by atoms with Gasteiger partial charge in [-0.05, 0) is 49.2 Å². The summed E-state index contributed by atoms with van der Waals surface area (Å²) in [6.45, 7) is 3.93. The van der Waals surface area contributed by atoms with Gasteiger partial charge < -0.3 is 10.6 Å². The number of halogens is 1. The Kier molecular flexibility index (Phi) is 4.95. The van der Waals surface area contributed by atoms with Crippen LogP contribution in [0.3, 0.4) is 0 Å². The predicted octanol–water partition coefficient (Wildman–Crippen LogP) is 4.74. The van der Waals surface area contributed by atoms with Crippen LogP contribution in [0.1, 0.15) is 21.6 Å². The molecule has 2 N–H and O–H groups in total. The van der Waals surface area contributed by atoms with Gasteiger partial charge in [0.2, 0.25) is 0 Å². The van der Waals surface area contributed by atoms with E-state index in [1.807, 2.05) is 56.3 Å². The second-order valence-electron chi connectivity index (χ2n) is 5.70. The number of aryl methyl sites for hydroxylation is 2. The molecule has 0 bridgehead atoms. The molecule has 25 heavy (non-hydrogen) atoms. The molecule has 0 fully saturated rings. The van der Waals surface area contributed by atoms with Crippen LogP contribution in [0, 0.1) is 13.8 Å². The Balaban J connectivity index is 1.79. The quantitative estimate of drug-likeness (QED) is 0.711. The summed E-state index contributed by atoms with van der Waals surface area (Å²) >= 11 is 6.03. The van der Waals surface area contributed by atoms with Gasteiger partial charge in [-0.2, -0.15) is 0 Å². The number of anilines is 3. The van der Waals surface area contributed by atoms with E-state index in [2.05, 4.69) is 20.6 Å². The second-order valence-corrected chi connectivity index (χ2v) is 6.13. The second kappa shape index (κ2) is 7.32. The van der Waals surface area contributed by atoms with Crippen LogP contribution in [0.15, 0.2) is 54.9 Å². The molecule has 0 aliphatic carbocycles. The van der Waals surface area contributed by atoms with Gasteiger partial charge in [0.25, 0.3) is 5.91 Å². The van der Waals surface area contributed by atoms with Crippen LogP contribution in [-0.2, 0) is 0 Å². The van der Waals surface area contributed by atoms with E-state index in [-0.39, 0.29) is 11.6 Å². The Morgan fingerprint density at radius 1 is 1.04 bits per heavy atom. The van der Waals surface area contributed by atoms with E-state index in [9.17, 15) is 4.79 Å². The Bertz CT molecular complexity index is 927. The molecule has 0 unspecified atom stereocenters. The minimum Gasteiger partial charge on any atom is -0.340 e. The highest BCUT2D eigenvalue weighted by molar-refractivity contribution is 6.30. The number of carbonyl (C=O) groups excluding carboxylic acids is 1. The van der Waals surface area contributed by atoms with Crippen molar-refractivity contribution in [2.75, 3.05) is 10.6 Å². The van der Waals surface area contributed by atoms with Crippen LogP contribution in [0.25, 0.3) is 0 Å². The van der Waals surface area contributed by atoms with E-state index >= 15 is 0 Å². The fraction of sp³-hybridized carbons (Fsp3) is 0.105. The highest BCUT2D eigenvalue weighted by Gasteiger charge is 2.10. The summed E-state index contributed by atoms with van der Waals surface area (Å²) in [6.07, 6.45) is 1.35. The zero-order chi connectivity index (χ0) is 17.8.